The fourth-order valence-electron chi connectivity index (χ4n) is 4.50. The number of fused-ring (bicyclic) bond motifs is 1. The predicted octanol–water partition coefficient (Wildman–Crippen LogP) is 0.777. The van der Waals surface area contributed by atoms with Gasteiger partial charge in [-0.2, -0.15) is 0 Å². The second-order valence-electron chi connectivity index (χ2n) is 8.38. The molecule has 5 rings (SSSR count). The van der Waals surface area contributed by atoms with Crippen molar-refractivity contribution in [2.24, 2.45) is 11.8 Å². The molecule has 11 heteroatoms. The number of hydrogen-bond acceptors (Lipinski definition) is 7. The minimum Gasteiger partial charge on any atom is -0.383 e. The lowest BCUT2D eigenvalue weighted by molar-refractivity contribution is -0.146. The third-order valence-corrected chi connectivity index (χ3v) is 6.44. The van der Waals surface area contributed by atoms with Crippen molar-refractivity contribution in [3.05, 3.63) is 65.2 Å². The third-order valence-electron chi connectivity index (χ3n) is 6.21. The minimum atomic E-state index is -1.24. The van der Waals surface area contributed by atoms with Crippen LogP contribution in [-0.2, 0) is 22.6 Å². The summed E-state index contributed by atoms with van der Waals surface area (Å²) in [7, 11) is 0. The summed E-state index contributed by atoms with van der Waals surface area (Å²) in [6, 6.07) is 9.98. The molecular formula is C22H22ClN7O3. The number of aliphatic hydroxyl groups is 1. The molecule has 4 atom stereocenters. The summed E-state index contributed by atoms with van der Waals surface area (Å²) in [5, 5.41) is 25.2. The van der Waals surface area contributed by atoms with Crippen molar-refractivity contribution in [2.75, 3.05) is 6.54 Å². The van der Waals surface area contributed by atoms with Crippen molar-refractivity contribution in [3.63, 3.8) is 0 Å². The SMILES string of the molecule is O=C(NCc1cc(Cl)ccc1-n1cnnn1)[C@@H]1[C@@H]2C[C@@H]2CN1C(=O)[C@H](O)Cc1ccccn1. The largest absolute Gasteiger partial charge is 0.383 e. The van der Waals surface area contributed by atoms with Crippen molar-refractivity contribution in [1.29, 1.82) is 0 Å². The molecule has 10 nitrogen and oxygen atoms in total. The van der Waals surface area contributed by atoms with E-state index in [4.69, 9.17) is 11.6 Å². The van der Waals surface area contributed by atoms with Gasteiger partial charge in [0.2, 0.25) is 5.91 Å². The Bertz CT molecular complexity index is 1160. The standard InChI is InChI=1S/C22H22ClN7O3/c23-15-4-5-18(30-12-26-27-28-30)13(7-15)10-25-21(32)20-17-8-14(17)11-29(20)22(33)19(31)9-16-3-1-2-6-24-16/h1-7,12,14,17,19-20,31H,8-11H2,(H,25,32)/t14-,17-,19-,20+/m1/s1. The number of piperidine rings is 1. The molecule has 2 amide bonds. The van der Waals surface area contributed by atoms with Gasteiger partial charge in [-0.25, -0.2) is 4.68 Å². The fraction of sp³-hybridized carbons (Fsp3) is 0.364. The Balaban J connectivity index is 1.27. The first-order chi connectivity index (χ1) is 16.0. The first kappa shape index (κ1) is 21.5. The Hall–Kier alpha value is -3.37. The first-order valence-corrected chi connectivity index (χ1v) is 11.1. The third kappa shape index (κ3) is 4.44. The van der Waals surface area contributed by atoms with Gasteiger partial charge in [0, 0.05) is 36.4 Å². The average Bonchev–Trinajstić information content (AvgIpc) is 3.21. The quantitative estimate of drug-likeness (QED) is 0.525. The topological polar surface area (TPSA) is 126 Å². The Morgan fingerprint density at radius 2 is 2.15 bits per heavy atom. The number of tetrazole rings is 1. The van der Waals surface area contributed by atoms with Gasteiger partial charge in [-0.3, -0.25) is 14.6 Å². The molecule has 1 aliphatic carbocycles. The van der Waals surface area contributed by atoms with E-state index in [2.05, 4.69) is 25.8 Å². The number of likely N-dealkylation sites (tertiary alicyclic amines) is 1. The number of aliphatic hydroxyl groups excluding tert-OH is 1. The second kappa shape index (κ2) is 8.87. The van der Waals surface area contributed by atoms with Crippen LogP contribution in [0.2, 0.25) is 5.02 Å². The lowest BCUT2D eigenvalue weighted by Gasteiger charge is -2.28. The number of rotatable bonds is 7. The number of amides is 2. The Labute approximate surface area is 194 Å². The average molecular weight is 468 g/mol. The molecule has 1 saturated heterocycles. The number of aromatic nitrogens is 5. The zero-order valence-corrected chi connectivity index (χ0v) is 18.3. The van der Waals surface area contributed by atoms with E-state index in [1.165, 1.54) is 15.9 Å². The van der Waals surface area contributed by atoms with Crippen LogP contribution in [0.25, 0.3) is 5.69 Å². The van der Waals surface area contributed by atoms with Crippen molar-refractivity contribution in [1.82, 2.24) is 35.4 Å². The summed E-state index contributed by atoms with van der Waals surface area (Å²) in [5.41, 5.74) is 2.06. The number of hydrogen-bond donors (Lipinski definition) is 2. The molecule has 33 heavy (non-hydrogen) atoms. The van der Waals surface area contributed by atoms with E-state index in [9.17, 15) is 14.7 Å². The highest BCUT2D eigenvalue weighted by atomic mass is 35.5. The zero-order valence-electron chi connectivity index (χ0n) is 17.6. The predicted molar refractivity (Wildman–Crippen MR) is 117 cm³/mol. The molecule has 1 saturated carbocycles. The number of carbonyl (C=O) groups is 2. The smallest absolute Gasteiger partial charge is 0.252 e. The van der Waals surface area contributed by atoms with Gasteiger partial charge in [0.25, 0.3) is 5.91 Å². The number of carbonyl (C=O) groups excluding carboxylic acids is 2. The Morgan fingerprint density at radius 1 is 1.27 bits per heavy atom. The summed E-state index contributed by atoms with van der Waals surface area (Å²) >= 11 is 6.16. The summed E-state index contributed by atoms with van der Waals surface area (Å²) in [6.07, 6.45) is 2.85. The van der Waals surface area contributed by atoms with Gasteiger partial charge in [-0.05, 0) is 64.6 Å². The van der Waals surface area contributed by atoms with Gasteiger partial charge in [0.15, 0.2) is 0 Å². The Kier molecular flexibility index (Phi) is 5.77. The van der Waals surface area contributed by atoms with Crippen molar-refractivity contribution in [2.45, 2.75) is 31.5 Å². The van der Waals surface area contributed by atoms with Crippen LogP contribution < -0.4 is 5.32 Å². The number of pyridine rings is 1. The van der Waals surface area contributed by atoms with Gasteiger partial charge < -0.3 is 15.3 Å². The lowest BCUT2D eigenvalue weighted by atomic mass is 10.1. The molecule has 170 valence electrons. The monoisotopic (exact) mass is 467 g/mol. The summed E-state index contributed by atoms with van der Waals surface area (Å²) in [5.74, 6) is -0.268. The maximum absolute atomic E-state index is 13.2. The molecular weight excluding hydrogens is 446 g/mol. The highest BCUT2D eigenvalue weighted by Gasteiger charge is 2.57. The summed E-state index contributed by atoms with van der Waals surface area (Å²) < 4.78 is 1.49. The van der Waals surface area contributed by atoms with E-state index >= 15 is 0 Å². The van der Waals surface area contributed by atoms with Crippen LogP contribution in [0.5, 0.6) is 0 Å². The highest BCUT2D eigenvalue weighted by molar-refractivity contribution is 6.30. The van der Waals surface area contributed by atoms with Crippen LogP contribution >= 0.6 is 11.6 Å². The molecule has 1 aliphatic heterocycles. The highest BCUT2D eigenvalue weighted by Crippen LogP contribution is 2.49. The number of halogens is 1. The van der Waals surface area contributed by atoms with E-state index in [1.54, 1.807) is 42.6 Å². The number of benzene rings is 1. The fourth-order valence-corrected chi connectivity index (χ4v) is 4.70. The molecule has 0 spiro atoms. The number of nitrogens with zero attached hydrogens (tertiary/aromatic N) is 6. The van der Waals surface area contributed by atoms with E-state index in [-0.39, 0.29) is 24.8 Å². The van der Waals surface area contributed by atoms with Crippen LogP contribution in [0.4, 0.5) is 0 Å². The van der Waals surface area contributed by atoms with Crippen molar-refractivity contribution in [3.8, 4) is 5.69 Å². The van der Waals surface area contributed by atoms with Crippen LogP contribution in [-0.4, -0.2) is 65.7 Å². The maximum atomic E-state index is 13.2. The summed E-state index contributed by atoms with van der Waals surface area (Å²) in [4.78, 5) is 31.8. The van der Waals surface area contributed by atoms with Gasteiger partial charge in [-0.1, -0.05) is 17.7 Å². The zero-order chi connectivity index (χ0) is 22.9. The second-order valence-corrected chi connectivity index (χ2v) is 8.82. The molecule has 0 radical (unpaired) electrons. The molecule has 2 aromatic heterocycles. The van der Waals surface area contributed by atoms with E-state index < -0.39 is 18.1 Å². The van der Waals surface area contributed by atoms with Gasteiger partial charge in [0.1, 0.15) is 18.5 Å². The van der Waals surface area contributed by atoms with E-state index in [0.29, 0.717) is 28.9 Å². The van der Waals surface area contributed by atoms with Crippen LogP contribution in [0.1, 0.15) is 17.7 Å². The lowest BCUT2D eigenvalue weighted by Crippen LogP contribution is -2.51. The van der Waals surface area contributed by atoms with Crippen molar-refractivity contribution < 1.29 is 14.7 Å². The van der Waals surface area contributed by atoms with E-state index in [1.807, 2.05) is 0 Å². The maximum Gasteiger partial charge on any atom is 0.252 e. The molecule has 3 heterocycles. The summed E-state index contributed by atoms with van der Waals surface area (Å²) in [6.45, 7) is 0.675. The van der Waals surface area contributed by atoms with Gasteiger partial charge in [-0.15, -0.1) is 5.10 Å². The number of nitrogens with one attached hydrogen (secondary N) is 1. The Morgan fingerprint density at radius 3 is 2.91 bits per heavy atom. The molecule has 3 aromatic rings. The van der Waals surface area contributed by atoms with Crippen molar-refractivity contribution >= 4 is 23.4 Å². The molecule has 0 bridgehead atoms. The normalized spacial score (nSPS) is 22.0. The molecule has 2 N–H and O–H groups in total. The first-order valence-electron chi connectivity index (χ1n) is 10.7. The van der Waals surface area contributed by atoms with Crippen LogP contribution in [0.15, 0.2) is 48.9 Å². The molecule has 0 unspecified atom stereocenters. The van der Waals surface area contributed by atoms with E-state index in [0.717, 1.165) is 12.0 Å². The molecule has 2 aliphatic rings. The molecule has 2 fully saturated rings. The van der Waals surface area contributed by atoms with Gasteiger partial charge >= 0.3 is 0 Å². The van der Waals surface area contributed by atoms with Crippen LogP contribution in [0.3, 0.4) is 0 Å². The molecule has 1 aromatic carbocycles. The van der Waals surface area contributed by atoms with Crippen LogP contribution in [0, 0.1) is 11.8 Å². The minimum absolute atomic E-state index is 0.109. The van der Waals surface area contributed by atoms with Gasteiger partial charge in [0.05, 0.1) is 5.69 Å².